The van der Waals surface area contributed by atoms with Crippen LogP contribution in [0.4, 0.5) is 5.82 Å². The molecule has 0 spiro atoms. The average molecular weight is 455 g/mol. The van der Waals surface area contributed by atoms with E-state index in [2.05, 4.69) is 30.8 Å². The zero-order valence-electron chi connectivity index (χ0n) is 19.1. The Hall–Kier alpha value is -2.97. The van der Waals surface area contributed by atoms with Gasteiger partial charge < -0.3 is 5.32 Å². The zero-order chi connectivity index (χ0) is 23.5. The molecule has 0 atom stereocenters. The van der Waals surface area contributed by atoms with Gasteiger partial charge in [0.1, 0.15) is 5.82 Å². The van der Waals surface area contributed by atoms with E-state index in [1.54, 1.807) is 18.5 Å². The van der Waals surface area contributed by atoms with Crippen LogP contribution in [0.2, 0.25) is 0 Å². The van der Waals surface area contributed by atoms with E-state index in [1.807, 2.05) is 36.4 Å². The summed E-state index contributed by atoms with van der Waals surface area (Å²) in [7, 11) is -3.61. The number of rotatable bonds is 7. The van der Waals surface area contributed by atoms with Gasteiger partial charge in [-0.1, -0.05) is 51.1 Å². The molecule has 3 rings (SSSR count). The van der Waals surface area contributed by atoms with E-state index in [0.717, 1.165) is 11.3 Å². The summed E-state index contributed by atoms with van der Waals surface area (Å²) in [5, 5.41) is 7.64. The molecule has 2 aromatic carbocycles. The van der Waals surface area contributed by atoms with Gasteiger partial charge in [0.15, 0.2) is 0 Å². The fourth-order valence-corrected chi connectivity index (χ4v) is 4.36. The maximum Gasteiger partial charge on any atom is 0.256 e. The lowest BCUT2D eigenvalue weighted by atomic mass is 9.92. The standard InChI is InChI=1S/C24H30N4O3S/c1-17(2)27-32(30,31)20-13-11-19(12-14-20)23(29)25-22-15-21(24(3,4)5)26-28(22)16-18-9-7-6-8-10-18/h6-15,17,27H,16H2,1-5H3,(H,25,29). The quantitative estimate of drug-likeness (QED) is 0.560. The van der Waals surface area contributed by atoms with Gasteiger partial charge in [0.05, 0.1) is 17.1 Å². The third-order valence-corrected chi connectivity index (χ3v) is 6.46. The van der Waals surface area contributed by atoms with Crippen LogP contribution in [0.1, 0.15) is 56.2 Å². The van der Waals surface area contributed by atoms with Crippen molar-refractivity contribution in [3.63, 3.8) is 0 Å². The van der Waals surface area contributed by atoms with Crippen LogP contribution in [0, 0.1) is 0 Å². The maximum atomic E-state index is 12.9. The number of carbonyl (C=O) groups is 1. The predicted molar refractivity (Wildman–Crippen MR) is 126 cm³/mol. The van der Waals surface area contributed by atoms with Crippen LogP contribution < -0.4 is 10.0 Å². The van der Waals surface area contributed by atoms with Crippen LogP contribution in [-0.2, 0) is 22.0 Å². The fourth-order valence-electron chi connectivity index (χ4n) is 3.11. The minimum Gasteiger partial charge on any atom is -0.307 e. The van der Waals surface area contributed by atoms with Crippen molar-refractivity contribution in [2.75, 3.05) is 5.32 Å². The van der Waals surface area contributed by atoms with Gasteiger partial charge in [-0.25, -0.2) is 17.8 Å². The molecule has 0 bridgehead atoms. The summed E-state index contributed by atoms with van der Waals surface area (Å²) in [4.78, 5) is 13.0. The number of nitrogens with one attached hydrogen (secondary N) is 2. The van der Waals surface area contributed by atoms with Gasteiger partial charge in [0.25, 0.3) is 5.91 Å². The molecule has 0 fully saturated rings. The van der Waals surface area contributed by atoms with Crippen LogP contribution in [-0.4, -0.2) is 30.1 Å². The van der Waals surface area contributed by atoms with Crippen LogP contribution >= 0.6 is 0 Å². The fraction of sp³-hybridized carbons (Fsp3) is 0.333. The zero-order valence-corrected chi connectivity index (χ0v) is 19.9. The van der Waals surface area contributed by atoms with Crippen LogP contribution in [0.3, 0.4) is 0 Å². The monoisotopic (exact) mass is 454 g/mol. The molecule has 0 aliphatic carbocycles. The Morgan fingerprint density at radius 2 is 1.66 bits per heavy atom. The molecular weight excluding hydrogens is 424 g/mol. The van der Waals surface area contributed by atoms with Crippen molar-refractivity contribution >= 4 is 21.7 Å². The van der Waals surface area contributed by atoms with Crippen molar-refractivity contribution in [1.29, 1.82) is 0 Å². The van der Waals surface area contributed by atoms with E-state index in [4.69, 9.17) is 5.10 Å². The van der Waals surface area contributed by atoms with Gasteiger partial charge in [-0.3, -0.25) is 4.79 Å². The number of aromatic nitrogens is 2. The first-order valence-corrected chi connectivity index (χ1v) is 12.0. The molecule has 1 heterocycles. The first kappa shape index (κ1) is 23.7. The number of hydrogen-bond donors (Lipinski definition) is 2. The van der Waals surface area contributed by atoms with Crippen LogP contribution in [0.15, 0.2) is 65.6 Å². The van der Waals surface area contributed by atoms with Gasteiger partial charge in [0, 0.05) is 23.1 Å². The number of anilines is 1. The molecular formula is C24H30N4O3S. The highest BCUT2D eigenvalue weighted by molar-refractivity contribution is 7.89. The summed E-state index contributed by atoms with van der Waals surface area (Å²) in [6, 6.07) is 17.4. The minimum absolute atomic E-state index is 0.117. The van der Waals surface area contributed by atoms with E-state index >= 15 is 0 Å². The molecule has 1 amide bonds. The topological polar surface area (TPSA) is 93.1 Å². The van der Waals surface area contributed by atoms with Gasteiger partial charge in [-0.05, 0) is 43.7 Å². The molecule has 3 aromatic rings. The Balaban J connectivity index is 1.84. The van der Waals surface area contributed by atoms with E-state index in [0.29, 0.717) is 17.9 Å². The maximum absolute atomic E-state index is 12.9. The highest BCUT2D eigenvalue weighted by atomic mass is 32.2. The van der Waals surface area contributed by atoms with Crippen molar-refractivity contribution in [3.05, 3.63) is 77.5 Å². The summed E-state index contributed by atoms with van der Waals surface area (Å²) in [6.07, 6.45) is 0. The Kier molecular flexibility index (Phi) is 6.85. The first-order valence-electron chi connectivity index (χ1n) is 10.5. The van der Waals surface area contributed by atoms with Crippen molar-refractivity contribution < 1.29 is 13.2 Å². The van der Waals surface area contributed by atoms with Gasteiger partial charge >= 0.3 is 0 Å². The molecule has 0 aliphatic rings. The molecule has 0 saturated carbocycles. The summed E-state index contributed by atoms with van der Waals surface area (Å²) < 4.78 is 28.9. The van der Waals surface area contributed by atoms with Crippen molar-refractivity contribution in [2.24, 2.45) is 0 Å². The Bertz CT molecular complexity index is 1180. The molecule has 0 radical (unpaired) electrons. The SMILES string of the molecule is CC(C)NS(=O)(=O)c1ccc(C(=O)Nc2cc(C(C)(C)C)nn2Cc2ccccc2)cc1. The molecule has 0 aliphatic heterocycles. The number of hydrogen-bond acceptors (Lipinski definition) is 4. The minimum atomic E-state index is -3.61. The molecule has 0 unspecified atom stereocenters. The predicted octanol–water partition coefficient (Wildman–Crippen LogP) is 4.17. The second-order valence-corrected chi connectivity index (χ2v) is 10.8. The summed E-state index contributed by atoms with van der Waals surface area (Å²) in [5.74, 6) is 0.252. The van der Waals surface area contributed by atoms with Crippen molar-refractivity contribution in [3.8, 4) is 0 Å². The Labute approximate surface area is 189 Å². The van der Waals surface area contributed by atoms with Gasteiger partial charge in [-0.2, -0.15) is 5.10 Å². The number of benzene rings is 2. The van der Waals surface area contributed by atoms with Gasteiger partial charge in [-0.15, -0.1) is 0 Å². The number of amides is 1. The van der Waals surface area contributed by atoms with Crippen molar-refractivity contribution in [1.82, 2.24) is 14.5 Å². The first-order chi connectivity index (χ1) is 15.0. The van der Waals surface area contributed by atoms with E-state index in [1.165, 1.54) is 24.3 Å². The Morgan fingerprint density at radius 3 is 2.22 bits per heavy atom. The lowest BCUT2D eigenvalue weighted by molar-refractivity contribution is 0.102. The summed E-state index contributed by atoms with van der Waals surface area (Å²) >= 11 is 0. The molecule has 0 saturated heterocycles. The lowest BCUT2D eigenvalue weighted by Crippen LogP contribution is -2.30. The van der Waals surface area contributed by atoms with Crippen LogP contribution in [0.25, 0.3) is 0 Å². The van der Waals surface area contributed by atoms with Crippen LogP contribution in [0.5, 0.6) is 0 Å². The average Bonchev–Trinajstić information content (AvgIpc) is 3.10. The number of carbonyl (C=O) groups excluding carboxylic acids is 1. The third kappa shape index (κ3) is 5.83. The number of sulfonamides is 1. The Morgan fingerprint density at radius 1 is 1.03 bits per heavy atom. The second kappa shape index (κ2) is 9.26. The molecule has 32 heavy (non-hydrogen) atoms. The molecule has 170 valence electrons. The van der Waals surface area contributed by atoms with Gasteiger partial charge in [0.2, 0.25) is 10.0 Å². The summed E-state index contributed by atoms with van der Waals surface area (Å²) in [6.45, 7) is 10.2. The number of nitrogens with zero attached hydrogens (tertiary/aromatic N) is 2. The van der Waals surface area contributed by atoms with Crippen molar-refractivity contribution in [2.45, 2.75) is 57.5 Å². The molecule has 1 aromatic heterocycles. The largest absolute Gasteiger partial charge is 0.307 e. The highest BCUT2D eigenvalue weighted by Crippen LogP contribution is 2.25. The van der Waals surface area contributed by atoms with E-state index in [9.17, 15) is 13.2 Å². The molecule has 7 nitrogen and oxygen atoms in total. The highest BCUT2D eigenvalue weighted by Gasteiger charge is 2.22. The van der Waals surface area contributed by atoms with E-state index in [-0.39, 0.29) is 22.3 Å². The summed E-state index contributed by atoms with van der Waals surface area (Å²) in [5.41, 5.74) is 2.11. The smallest absolute Gasteiger partial charge is 0.256 e. The lowest BCUT2D eigenvalue weighted by Gasteiger charge is -2.14. The molecule has 2 N–H and O–H groups in total. The molecule has 8 heteroatoms. The second-order valence-electron chi connectivity index (χ2n) is 9.06. The third-order valence-electron chi connectivity index (χ3n) is 4.78. The van der Waals surface area contributed by atoms with E-state index < -0.39 is 10.0 Å². The normalized spacial score (nSPS) is 12.2.